The summed E-state index contributed by atoms with van der Waals surface area (Å²) in [4.78, 5) is 18.9. The predicted octanol–water partition coefficient (Wildman–Crippen LogP) is 4.19. The van der Waals surface area contributed by atoms with Gasteiger partial charge in [-0.15, -0.1) is 0 Å². The lowest BCUT2D eigenvalue weighted by Gasteiger charge is -2.34. The molecule has 3 aromatic rings. The van der Waals surface area contributed by atoms with Gasteiger partial charge in [0.15, 0.2) is 0 Å². The molecule has 1 aliphatic heterocycles. The second-order valence-corrected chi connectivity index (χ2v) is 9.75. The Morgan fingerprint density at radius 3 is 2.19 bits per heavy atom. The summed E-state index contributed by atoms with van der Waals surface area (Å²) in [5.41, 5.74) is 3.11. The third-order valence-electron chi connectivity index (χ3n) is 5.49. The highest BCUT2D eigenvalue weighted by Crippen LogP contribution is 2.27. The van der Waals surface area contributed by atoms with Crippen LogP contribution < -0.4 is 0 Å². The van der Waals surface area contributed by atoms with Crippen molar-refractivity contribution >= 4 is 33.6 Å². The first-order chi connectivity index (χ1) is 15.4. The Morgan fingerprint density at radius 2 is 1.59 bits per heavy atom. The van der Waals surface area contributed by atoms with Crippen LogP contribution in [0.2, 0.25) is 5.02 Å². The zero-order valence-electron chi connectivity index (χ0n) is 17.3. The molecule has 0 aliphatic carbocycles. The van der Waals surface area contributed by atoms with Gasteiger partial charge in [0.1, 0.15) is 0 Å². The number of rotatable bonds is 5. The SMILES string of the molecule is C=Cc1ccc(S(=O)(=O)N2CCN(C(=O)c3ccc(-c4ccncc4)cc3Cl)CC2)cc1. The van der Waals surface area contributed by atoms with Gasteiger partial charge in [0.25, 0.3) is 5.91 Å². The maximum atomic E-state index is 13.0. The fraction of sp³-hybridized carbons (Fsp3) is 0.167. The minimum absolute atomic E-state index is 0.205. The van der Waals surface area contributed by atoms with Crippen molar-refractivity contribution in [2.24, 2.45) is 0 Å². The van der Waals surface area contributed by atoms with Crippen molar-refractivity contribution in [3.63, 3.8) is 0 Å². The van der Waals surface area contributed by atoms with E-state index in [4.69, 9.17) is 11.6 Å². The Labute approximate surface area is 192 Å². The molecule has 164 valence electrons. The van der Waals surface area contributed by atoms with E-state index in [1.807, 2.05) is 18.2 Å². The first-order valence-electron chi connectivity index (χ1n) is 10.1. The minimum Gasteiger partial charge on any atom is -0.336 e. The molecule has 0 radical (unpaired) electrons. The average molecular weight is 468 g/mol. The molecule has 32 heavy (non-hydrogen) atoms. The zero-order valence-corrected chi connectivity index (χ0v) is 18.9. The van der Waals surface area contributed by atoms with E-state index in [9.17, 15) is 13.2 Å². The van der Waals surface area contributed by atoms with Gasteiger partial charge in [-0.25, -0.2) is 8.42 Å². The summed E-state index contributed by atoms with van der Waals surface area (Å²) < 4.78 is 27.3. The van der Waals surface area contributed by atoms with Crippen LogP contribution in [0.5, 0.6) is 0 Å². The summed E-state index contributed by atoms with van der Waals surface area (Å²) in [6, 6.07) is 15.7. The molecule has 6 nitrogen and oxygen atoms in total. The van der Waals surface area contributed by atoms with Gasteiger partial charge >= 0.3 is 0 Å². The van der Waals surface area contributed by atoms with Crippen LogP contribution in [0.25, 0.3) is 17.2 Å². The van der Waals surface area contributed by atoms with E-state index >= 15 is 0 Å². The van der Waals surface area contributed by atoms with Crippen molar-refractivity contribution in [2.45, 2.75) is 4.90 Å². The number of piperazine rings is 1. The number of pyridine rings is 1. The van der Waals surface area contributed by atoms with E-state index in [-0.39, 0.29) is 23.9 Å². The highest BCUT2D eigenvalue weighted by molar-refractivity contribution is 7.89. The molecule has 1 aromatic heterocycles. The number of halogens is 1. The van der Waals surface area contributed by atoms with Crippen molar-refractivity contribution in [3.8, 4) is 11.1 Å². The molecular formula is C24H22ClN3O3S. The van der Waals surface area contributed by atoms with Gasteiger partial charge in [0.05, 0.1) is 15.5 Å². The summed E-state index contributed by atoms with van der Waals surface area (Å²) in [5.74, 6) is -0.205. The monoisotopic (exact) mass is 467 g/mol. The summed E-state index contributed by atoms with van der Waals surface area (Å²) in [7, 11) is -3.62. The fourth-order valence-electron chi connectivity index (χ4n) is 3.64. The Kier molecular flexibility index (Phi) is 6.41. The second-order valence-electron chi connectivity index (χ2n) is 7.40. The fourth-order valence-corrected chi connectivity index (χ4v) is 5.32. The molecule has 1 fully saturated rings. The van der Waals surface area contributed by atoms with E-state index < -0.39 is 10.0 Å². The summed E-state index contributed by atoms with van der Waals surface area (Å²) in [6.07, 6.45) is 5.06. The topological polar surface area (TPSA) is 70.6 Å². The minimum atomic E-state index is -3.62. The van der Waals surface area contributed by atoms with E-state index in [0.717, 1.165) is 16.7 Å². The maximum absolute atomic E-state index is 13.0. The van der Waals surface area contributed by atoms with Gasteiger partial charge in [-0.05, 0) is 53.1 Å². The van der Waals surface area contributed by atoms with Crippen molar-refractivity contribution in [1.29, 1.82) is 0 Å². The molecule has 0 unspecified atom stereocenters. The number of amides is 1. The third kappa shape index (κ3) is 4.46. The Morgan fingerprint density at radius 1 is 0.938 bits per heavy atom. The van der Waals surface area contributed by atoms with Crippen LogP contribution in [0, 0.1) is 0 Å². The number of nitrogens with zero attached hydrogens (tertiary/aromatic N) is 3. The average Bonchev–Trinajstić information content (AvgIpc) is 2.84. The van der Waals surface area contributed by atoms with Gasteiger partial charge in [-0.2, -0.15) is 4.31 Å². The van der Waals surface area contributed by atoms with Crippen LogP contribution in [-0.4, -0.2) is 54.7 Å². The summed E-state index contributed by atoms with van der Waals surface area (Å²) >= 11 is 6.42. The van der Waals surface area contributed by atoms with Crippen LogP contribution in [0.1, 0.15) is 15.9 Å². The predicted molar refractivity (Wildman–Crippen MR) is 126 cm³/mol. The quantitative estimate of drug-likeness (QED) is 0.564. The van der Waals surface area contributed by atoms with Crippen LogP contribution in [-0.2, 0) is 10.0 Å². The van der Waals surface area contributed by atoms with Crippen LogP contribution in [0.4, 0.5) is 0 Å². The van der Waals surface area contributed by atoms with E-state index in [2.05, 4.69) is 11.6 Å². The maximum Gasteiger partial charge on any atom is 0.255 e. The molecule has 4 rings (SSSR count). The number of benzene rings is 2. The molecule has 0 spiro atoms. The van der Waals surface area contributed by atoms with Gasteiger partial charge in [0.2, 0.25) is 10.0 Å². The first kappa shape index (κ1) is 22.2. The smallest absolute Gasteiger partial charge is 0.255 e. The summed E-state index contributed by atoms with van der Waals surface area (Å²) in [6.45, 7) is 4.73. The summed E-state index contributed by atoms with van der Waals surface area (Å²) in [5, 5.41) is 0.363. The normalized spacial score (nSPS) is 14.8. The van der Waals surface area contributed by atoms with Crippen LogP contribution in [0.15, 0.2) is 78.5 Å². The zero-order chi connectivity index (χ0) is 22.7. The Bertz CT molecular complexity index is 1240. The first-order valence-corrected chi connectivity index (χ1v) is 11.9. The van der Waals surface area contributed by atoms with E-state index in [0.29, 0.717) is 23.7 Å². The standard InChI is InChI=1S/C24H22ClN3O3S/c1-2-18-3-6-21(7-4-18)32(30,31)28-15-13-27(14-16-28)24(29)22-8-5-20(17-23(22)25)19-9-11-26-12-10-19/h2-12,17H,1,13-16H2. The molecular weight excluding hydrogens is 446 g/mol. The number of hydrogen-bond acceptors (Lipinski definition) is 4. The highest BCUT2D eigenvalue weighted by Gasteiger charge is 2.31. The molecule has 1 aliphatic rings. The van der Waals surface area contributed by atoms with Crippen molar-refractivity contribution < 1.29 is 13.2 Å². The van der Waals surface area contributed by atoms with Crippen LogP contribution >= 0.6 is 11.6 Å². The second kappa shape index (κ2) is 9.24. The van der Waals surface area contributed by atoms with Crippen molar-refractivity contribution in [2.75, 3.05) is 26.2 Å². The van der Waals surface area contributed by atoms with E-state index in [1.54, 1.807) is 59.8 Å². The molecule has 0 bridgehead atoms. The van der Waals surface area contributed by atoms with E-state index in [1.165, 1.54) is 4.31 Å². The molecule has 8 heteroatoms. The number of hydrogen-bond donors (Lipinski definition) is 0. The van der Waals surface area contributed by atoms with Gasteiger partial charge in [0, 0.05) is 38.6 Å². The van der Waals surface area contributed by atoms with Gasteiger partial charge in [-0.3, -0.25) is 9.78 Å². The number of sulfonamides is 1. The Hall–Kier alpha value is -3.00. The molecule has 0 N–H and O–H groups in total. The molecule has 0 atom stereocenters. The van der Waals surface area contributed by atoms with Crippen molar-refractivity contribution in [1.82, 2.24) is 14.2 Å². The molecule has 1 amide bonds. The molecule has 1 saturated heterocycles. The lowest BCUT2D eigenvalue weighted by atomic mass is 10.0. The molecule has 2 heterocycles. The van der Waals surface area contributed by atoms with Gasteiger partial charge < -0.3 is 4.90 Å². The van der Waals surface area contributed by atoms with Crippen LogP contribution in [0.3, 0.4) is 0 Å². The third-order valence-corrected chi connectivity index (χ3v) is 7.72. The number of carbonyl (C=O) groups is 1. The van der Waals surface area contributed by atoms with Gasteiger partial charge in [-0.1, -0.05) is 42.5 Å². The van der Waals surface area contributed by atoms with Crippen molar-refractivity contribution in [3.05, 3.63) is 89.7 Å². The molecule has 0 saturated carbocycles. The highest BCUT2D eigenvalue weighted by atomic mass is 35.5. The largest absolute Gasteiger partial charge is 0.336 e. The lowest BCUT2D eigenvalue weighted by molar-refractivity contribution is 0.0698. The number of aromatic nitrogens is 1. The lowest BCUT2D eigenvalue weighted by Crippen LogP contribution is -2.50. The molecule has 2 aromatic carbocycles. The Balaban J connectivity index is 1.45. The number of carbonyl (C=O) groups excluding carboxylic acids is 1.